The minimum atomic E-state index is -3.52. The topological polar surface area (TPSA) is 71.0 Å². The van der Waals surface area contributed by atoms with E-state index in [1.165, 1.54) is 0 Å². The van der Waals surface area contributed by atoms with Gasteiger partial charge in [0.2, 0.25) is 10.0 Å². The Hall–Kier alpha value is -2.22. The highest BCUT2D eigenvalue weighted by Crippen LogP contribution is 2.21. The van der Waals surface area contributed by atoms with Crippen LogP contribution in [0.2, 0.25) is 0 Å². The molecule has 2 aromatic carbocycles. The molecular formula is C24H33N3O3S. The van der Waals surface area contributed by atoms with E-state index < -0.39 is 10.0 Å². The van der Waals surface area contributed by atoms with E-state index in [1.54, 1.807) is 19.2 Å². The van der Waals surface area contributed by atoms with Gasteiger partial charge in [0.1, 0.15) is 0 Å². The molecule has 2 aromatic rings. The molecule has 0 aliphatic carbocycles. The fourth-order valence-electron chi connectivity index (χ4n) is 3.85. The lowest BCUT2D eigenvalue weighted by Crippen LogP contribution is -2.32. The van der Waals surface area contributed by atoms with Crippen molar-refractivity contribution >= 4 is 15.7 Å². The highest BCUT2D eigenvalue weighted by Gasteiger charge is 2.25. The van der Waals surface area contributed by atoms with E-state index in [0.29, 0.717) is 24.5 Å². The number of hydrazone groups is 1. The highest BCUT2D eigenvalue weighted by molar-refractivity contribution is 7.89. The Bertz CT molecular complexity index is 959. The Kier molecular flexibility index (Phi) is 8.23. The number of hydrogen-bond acceptors (Lipinski definition) is 5. The number of nitrogens with one attached hydrogen (secondary N) is 1. The van der Waals surface area contributed by atoms with Crippen LogP contribution in [0.25, 0.3) is 0 Å². The van der Waals surface area contributed by atoms with Gasteiger partial charge in [-0.2, -0.15) is 5.10 Å². The van der Waals surface area contributed by atoms with Gasteiger partial charge in [-0.1, -0.05) is 55.0 Å². The van der Waals surface area contributed by atoms with Crippen LogP contribution in [-0.4, -0.2) is 52.0 Å². The molecule has 0 saturated carbocycles. The quantitative estimate of drug-likeness (QED) is 0.567. The summed E-state index contributed by atoms with van der Waals surface area (Å²) in [4.78, 5) is 0.294. The average Bonchev–Trinajstić information content (AvgIpc) is 3.20. The van der Waals surface area contributed by atoms with Crippen LogP contribution in [0.3, 0.4) is 0 Å². The summed E-state index contributed by atoms with van der Waals surface area (Å²) in [6, 6.07) is 17.3. The third-order valence-electron chi connectivity index (χ3n) is 5.68. The summed E-state index contributed by atoms with van der Waals surface area (Å²) < 4.78 is 33.3. The lowest BCUT2D eigenvalue weighted by atomic mass is 9.95. The highest BCUT2D eigenvalue weighted by atomic mass is 32.2. The SMILES string of the molecule is COC[C@@H]1CCCN1/N=C(/c1ccccc1)[C@@H](C)CCNS(=O)(=O)c1ccc(C)cc1. The normalized spacial score (nSPS) is 18.4. The first-order valence-corrected chi connectivity index (χ1v) is 12.3. The molecule has 0 amide bonds. The maximum Gasteiger partial charge on any atom is 0.240 e. The van der Waals surface area contributed by atoms with Crippen molar-refractivity contribution in [3.8, 4) is 0 Å². The Morgan fingerprint density at radius 1 is 1.19 bits per heavy atom. The second kappa shape index (κ2) is 10.9. The fourth-order valence-corrected chi connectivity index (χ4v) is 4.90. The van der Waals surface area contributed by atoms with Gasteiger partial charge in [0.25, 0.3) is 0 Å². The summed E-state index contributed by atoms with van der Waals surface area (Å²) >= 11 is 0. The molecule has 1 aliphatic rings. The number of benzene rings is 2. The lowest BCUT2D eigenvalue weighted by molar-refractivity contribution is 0.117. The van der Waals surface area contributed by atoms with Crippen LogP contribution in [0.15, 0.2) is 64.6 Å². The van der Waals surface area contributed by atoms with E-state index in [4.69, 9.17) is 9.84 Å². The molecule has 0 spiro atoms. The summed E-state index contributed by atoms with van der Waals surface area (Å²) in [5.41, 5.74) is 3.09. The van der Waals surface area contributed by atoms with Gasteiger partial charge in [-0.15, -0.1) is 0 Å². The zero-order chi connectivity index (χ0) is 22.3. The second-order valence-electron chi connectivity index (χ2n) is 8.17. The minimum absolute atomic E-state index is 0.0897. The average molecular weight is 444 g/mol. The van der Waals surface area contributed by atoms with Gasteiger partial charge in [-0.05, 0) is 43.9 Å². The molecule has 0 unspecified atom stereocenters. The molecule has 168 valence electrons. The first kappa shape index (κ1) is 23.4. The van der Waals surface area contributed by atoms with E-state index in [1.807, 2.05) is 37.3 Å². The molecule has 0 radical (unpaired) electrons. The summed E-state index contributed by atoms with van der Waals surface area (Å²) in [7, 11) is -1.80. The first-order chi connectivity index (χ1) is 14.9. The molecule has 7 heteroatoms. The zero-order valence-corrected chi connectivity index (χ0v) is 19.4. The predicted octanol–water partition coefficient (Wildman–Crippen LogP) is 3.81. The van der Waals surface area contributed by atoms with Crippen LogP contribution < -0.4 is 4.72 Å². The maximum atomic E-state index is 12.6. The van der Waals surface area contributed by atoms with E-state index in [0.717, 1.165) is 36.2 Å². The third kappa shape index (κ3) is 6.38. The van der Waals surface area contributed by atoms with E-state index >= 15 is 0 Å². The zero-order valence-electron chi connectivity index (χ0n) is 18.6. The standard InChI is InChI=1S/C24H33N3O3S/c1-19-11-13-23(14-12-19)31(28,29)25-16-15-20(2)24(21-8-5-4-6-9-21)26-27-17-7-10-22(27)18-30-3/h4-6,8-9,11-14,20,22,25H,7,10,15-18H2,1-3H3/b26-24+/t20-,22-/m0/s1. The Morgan fingerprint density at radius 2 is 1.90 bits per heavy atom. The lowest BCUT2D eigenvalue weighted by Gasteiger charge is -2.24. The summed E-state index contributed by atoms with van der Waals surface area (Å²) in [6.45, 7) is 5.97. The number of rotatable bonds is 10. The van der Waals surface area contributed by atoms with E-state index in [2.05, 4.69) is 28.8 Å². The predicted molar refractivity (Wildman–Crippen MR) is 125 cm³/mol. The first-order valence-electron chi connectivity index (χ1n) is 10.9. The molecule has 1 fully saturated rings. The fraction of sp³-hybridized carbons (Fsp3) is 0.458. The summed E-state index contributed by atoms with van der Waals surface area (Å²) in [6.07, 6.45) is 2.83. The van der Waals surface area contributed by atoms with Crippen molar-refractivity contribution in [1.29, 1.82) is 0 Å². The van der Waals surface area contributed by atoms with Crippen LogP contribution in [0.5, 0.6) is 0 Å². The molecular weight excluding hydrogens is 410 g/mol. The Balaban J connectivity index is 1.71. The Labute approximate surface area is 186 Å². The monoisotopic (exact) mass is 443 g/mol. The van der Waals surface area contributed by atoms with Gasteiger partial charge >= 0.3 is 0 Å². The van der Waals surface area contributed by atoms with Crippen molar-refractivity contribution in [2.75, 3.05) is 26.8 Å². The van der Waals surface area contributed by atoms with Gasteiger partial charge in [0, 0.05) is 26.1 Å². The van der Waals surface area contributed by atoms with Crippen LogP contribution in [0, 0.1) is 12.8 Å². The molecule has 1 aliphatic heterocycles. The molecule has 0 bridgehead atoms. The summed E-state index contributed by atoms with van der Waals surface area (Å²) in [5.74, 6) is 0.0897. The number of methoxy groups -OCH3 is 1. The summed E-state index contributed by atoms with van der Waals surface area (Å²) in [5, 5.41) is 7.16. The number of ether oxygens (including phenoxy) is 1. The van der Waals surface area contributed by atoms with Gasteiger partial charge in [0.05, 0.1) is 23.3 Å². The molecule has 6 nitrogen and oxygen atoms in total. The van der Waals surface area contributed by atoms with Gasteiger partial charge in [-0.3, -0.25) is 5.01 Å². The van der Waals surface area contributed by atoms with E-state index in [9.17, 15) is 8.42 Å². The van der Waals surface area contributed by atoms with Crippen molar-refractivity contribution < 1.29 is 13.2 Å². The second-order valence-corrected chi connectivity index (χ2v) is 9.93. The largest absolute Gasteiger partial charge is 0.382 e. The van der Waals surface area contributed by atoms with Crippen molar-refractivity contribution in [3.63, 3.8) is 0 Å². The molecule has 2 atom stereocenters. The molecule has 3 rings (SSSR count). The van der Waals surface area contributed by atoms with Crippen LogP contribution in [0.4, 0.5) is 0 Å². The smallest absolute Gasteiger partial charge is 0.240 e. The maximum absolute atomic E-state index is 12.6. The third-order valence-corrected chi connectivity index (χ3v) is 7.16. The minimum Gasteiger partial charge on any atom is -0.382 e. The number of hydrogen-bond donors (Lipinski definition) is 1. The number of nitrogens with zero attached hydrogens (tertiary/aromatic N) is 2. The van der Waals surface area contributed by atoms with Crippen LogP contribution in [0.1, 0.15) is 37.3 Å². The molecule has 1 saturated heterocycles. The van der Waals surface area contributed by atoms with Gasteiger partial charge < -0.3 is 4.74 Å². The van der Waals surface area contributed by atoms with Crippen LogP contribution >= 0.6 is 0 Å². The van der Waals surface area contributed by atoms with Crippen molar-refractivity contribution in [1.82, 2.24) is 9.73 Å². The van der Waals surface area contributed by atoms with Gasteiger partial charge in [-0.25, -0.2) is 13.1 Å². The molecule has 1 N–H and O–H groups in total. The van der Waals surface area contributed by atoms with Crippen molar-refractivity contribution in [3.05, 3.63) is 65.7 Å². The molecule has 31 heavy (non-hydrogen) atoms. The molecule has 0 aromatic heterocycles. The van der Waals surface area contributed by atoms with Crippen LogP contribution in [-0.2, 0) is 14.8 Å². The Morgan fingerprint density at radius 3 is 2.58 bits per heavy atom. The molecule has 1 heterocycles. The number of sulfonamides is 1. The van der Waals surface area contributed by atoms with E-state index in [-0.39, 0.29) is 12.0 Å². The number of aryl methyl sites for hydroxylation is 1. The van der Waals surface area contributed by atoms with Crippen molar-refractivity contribution in [2.24, 2.45) is 11.0 Å². The van der Waals surface area contributed by atoms with Crippen molar-refractivity contribution in [2.45, 2.75) is 44.0 Å². The van der Waals surface area contributed by atoms with Gasteiger partial charge in [0.15, 0.2) is 0 Å².